The second kappa shape index (κ2) is 22.5. The Bertz CT molecular complexity index is 5510. The van der Waals surface area contributed by atoms with Crippen LogP contribution in [0.4, 0.5) is 13.2 Å². The molecule has 0 N–H and O–H groups in total. The standard InChI is InChI=1S/C77H33F3N12/c78-77(79,80)71-28-45(35-82)1-8-64(71)63-9-7-62(91-72-11-3-54(58-19-46(36-83)15-47(20-58)37-84)29-67(72)68-30-55(4-12-73(68)91)59-21-48(38-85)16-49(22-59)39-86)33-65(63)66-27-44(34-81)2-10-74(66)92-75-13-5-56(60-23-50(40-87)17-51(24-60)41-88)31-69(75)70-32-57(6-14-76(70)92)61-25-52(42-89)18-53(26-61)43-90/h1-33H. The number of rotatable bonds is 8. The van der Waals surface area contributed by atoms with Gasteiger partial charge in [0.2, 0.25) is 0 Å². The number of nitrogens with zero attached hydrogens (tertiary/aromatic N) is 12. The van der Waals surface area contributed by atoms with Crippen LogP contribution in [0.2, 0.25) is 0 Å². The van der Waals surface area contributed by atoms with Gasteiger partial charge in [-0.1, -0.05) is 36.4 Å². The summed E-state index contributed by atoms with van der Waals surface area (Å²) in [4.78, 5) is 0. The topological polar surface area (TPSA) is 248 Å². The highest BCUT2D eigenvalue weighted by molar-refractivity contribution is 6.14. The van der Waals surface area contributed by atoms with Gasteiger partial charge in [0.15, 0.2) is 0 Å². The van der Waals surface area contributed by atoms with Crippen LogP contribution in [-0.2, 0) is 6.18 Å². The maximum absolute atomic E-state index is 15.7. The minimum Gasteiger partial charge on any atom is -0.309 e. The molecule has 0 spiro atoms. The SMILES string of the molecule is N#Cc1cc(C#N)cc(-c2ccc3c(c2)c2cc(-c4cc(C#N)cc(C#N)c4)ccc2n3-c2ccc(-c3ccc(C#N)cc3C(F)(F)F)c(-c3cc(C#N)ccc3-n3c4ccc(-c5cc(C#N)cc(C#N)c5)cc4c4cc(-c5cc(C#N)cc(C#N)c5)ccc43)c2)c1. The Hall–Kier alpha value is -14.3. The molecule has 0 unspecified atom stereocenters. The third-order valence-corrected chi connectivity index (χ3v) is 16.3. The number of hydrogen-bond donors (Lipinski definition) is 0. The zero-order valence-corrected chi connectivity index (χ0v) is 47.6. The van der Waals surface area contributed by atoms with Crippen molar-refractivity contribution >= 4 is 43.6 Å². The minimum atomic E-state index is -4.97. The zero-order chi connectivity index (χ0) is 64.1. The normalized spacial score (nSPS) is 10.9. The monoisotopic (exact) mass is 1180 g/mol. The summed E-state index contributed by atoms with van der Waals surface area (Å²) in [7, 11) is 0. The van der Waals surface area contributed by atoms with Crippen LogP contribution in [0, 0.1) is 113 Å². The van der Waals surface area contributed by atoms with E-state index in [2.05, 4.69) is 54.6 Å². The van der Waals surface area contributed by atoms with Crippen LogP contribution in [0.1, 0.15) is 61.2 Å². The van der Waals surface area contributed by atoms with Crippen LogP contribution in [0.5, 0.6) is 0 Å². The zero-order valence-electron chi connectivity index (χ0n) is 47.6. The van der Waals surface area contributed by atoms with Gasteiger partial charge in [0, 0.05) is 32.8 Å². The van der Waals surface area contributed by atoms with Crippen LogP contribution < -0.4 is 0 Å². The van der Waals surface area contributed by atoms with E-state index in [1.54, 1.807) is 84.9 Å². The Labute approximate surface area is 522 Å². The molecule has 0 aliphatic carbocycles. The van der Waals surface area contributed by atoms with E-state index in [9.17, 15) is 52.6 Å². The lowest BCUT2D eigenvalue weighted by Gasteiger charge is -2.21. The molecule has 92 heavy (non-hydrogen) atoms. The Morgan fingerprint density at radius 3 is 0.891 bits per heavy atom. The molecule has 2 aromatic heterocycles. The van der Waals surface area contributed by atoms with Crippen molar-refractivity contribution < 1.29 is 13.2 Å². The maximum atomic E-state index is 15.7. The smallest absolute Gasteiger partial charge is 0.309 e. The second-order valence-corrected chi connectivity index (χ2v) is 21.6. The average Bonchev–Trinajstić information content (AvgIpc) is 1.56. The van der Waals surface area contributed by atoms with Crippen LogP contribution in [-0.4, -0.2) is 9.13 Å². The van der Waals surface area contributed by atoms with E-state index in [1.165, 1.54) is 36.4 Å². The number of hydrogen-bond acceptors (Lipinski definition) is 10. The molecule has 0 amide bonds. The van der Waals surface area contributed by atoms with Gasteiger partial charge in [0.1, 0.15) is 0 Å². The van der Waals surface area contributed by atoms with Crippen molar-refractivity contribution in [2.24, 2.45) is 0 Å². The van der Waals surface area contributed by atoms with Crippen molar-refractivity contribution in [2.45, 2.75) is 6.18 Å². The fraction of sp³-hybridized carbons (Fsp3) is 0.0130. The number of halogens is 3. The highest BCUT2D eigenvalue weighted by Gasteiger charge is 2.35. The summed E-state index contributed by atoms with van der Waals surface area (Å²) in [5, 5.41) is 103. The summed E-state index contributed by atoms with van der Waals surface area (Å²) in [6, 6.07) is 76.3. The summed E-state index contributed by atoms with van der Waals surface area (Å²) in [5.41, 5.74) is 9.54. The molecular weight excluding hydrogens is 1150 g/mol. The molecular formula is C77H33F3N12. The van der Waals surface area contributed by atoms with E-state index in [-0.39, 0.29) is 72.3 Å². The van der Waals surface area contributed by atoms with E-state index in [4.69, 9.17) is 0 Å². The molecule has 12 nitrogen and oxygen atoms in total. The molecule has 422 valence electrons. The quantitative estimate of drug-likeness (QED) is 0.139. The molecule has 0 aliphatic heterocycles. The lowest BCUT2D eigenvalue weighted by molar-refractivity contribution is -0.137. The molecule has 11 aromatic carbocycles. The molecule has 13 rings (SSSR count). The van der Waals surface area contributed by atoms with Crippen molar-refractivity contribution in [1.82, 2.24) is 9.13 Å². The van der Waals surface area contributed by atoms with Gasteiger partial charge in [-0.3, -0.25) is 0 Å². The predicted octanol–water partition coefficient (Wildman–Crippen LogP) is 17.6. The van der Waals surface area contributed by atoms with Crippen molar-refractivity contribution in [3.8, 4) is 139 Å². The first kappa shape index (κ1) is 56.8. The Kier molecular flexibility index (Phi) is 13.9. The molecule has 2 heterocycles. The first-order chi connectivity index (χ1) is 44.7. The second-order valence-electron chi connectivity index (χ2n) is 21.6. The van der Waals surface area contributed by atoms with Crippen molar-refractivity contribution in [3.63, 3.8) is 0 Å². The minimum absolute atomic E-state index is 0.0882. The third-order valence-electron chi connectivity index (χ3n) is 16.3. The largest absolute Gasteiger partial charge is 0.417 e. The van der Waals surface area contributed by atoms with E-state index in [1.807, 2.05) is 88.0 Å². The Morgan fingerprint density at radius 2 is 0.554 bits per heavy atom. The molecule has 13 aromatic rings. The van der Waals surface area contributed by atoms with Gasteiger partial charge >= 0.3 is 6.18 Å². The number of benzene rings is 11. The van der Waals surface area contributed by atoms with Gasteiger partial charge in [-0.2, -0.15) is 65.8 Å². The van der Waals surface area contributed by atoms with Gasteiger partial charge in [-0.15, -0.1) is 0 Å². The van der Waals surface area contributed by atoms with Crippen molar-refractivity contribution in [2.75, 3.05) is 0 Å². The summed E-state index contributed by atoms with van der Waals surface area (Å²) in [6.45, 7) is 0. The van der Waals surface area contributed by atoms with E-state index >= 15 is 13.2 Å². The maximum Gasteiger partial charge on any atom is 0.417 e. The van der Waals surface area contributed by atoms with Crippen LogP contribution in [0.3, 0.4) is 0 Å². The van der Waals surface area contributed by atoms with Crippen LogP contribution in [0.25, 0.3) is 122 Å². The average molecular weight is 1180 g/mol. The summed E-state index contributed by atoms with van der Waals surface area (Å²) in [5.74, 6) is 0. The van der Waals surface area contributed by atoms with E-state index in [0.29, 0.717) is 105 Å². The van der Waals surface area contributed by atoms with E-state index < -0.39 is 11.7 Å². The van der Waals surface area contributed by atoms with Gasteiger partial charge in [0.05, 0.1) is 150 Å². The molecule has 0 fully saturated rings. The summed E-state index contributed by atoms with van der Waals surface area (Å²) >= 11 is 0. The van der Waals surface area contributed by atoms with Gasteiger partial charge in [-0.05, 0) is 225 Å². The Morgan fingerprint density at radius 1 is 0.239 bits per heavy atom. The molecule has 0 saturated heterocycles. The van der Waals surface area contributed by atoms with Gasteiger partial charge in [-0.25, -0.2) is 0 Å². The summed E-state index contributed by atoms with van der Waals surface area (Å²) < 4.78 is 50.9. The molecule has 0 atom stereocenters. The Balaban J connectivity index is 1.12. The number of aromatic nitrogens is 2. The van der Waals surface area contributed by atoms with Gasteiger partial charge in [0.25, 0.3) is 0 Å². The van der Waals surface area contributed by atoms with Crippen molar-refractivity contribution in [3.05, 3.63) is 261 Å². The lowest BCUT2D eigenvalue weighted by Crippen LogP contribution is -2.08. The molecule has 15 heteroatoms. The third kappa shape index (κ3) is 9.89. The van der Waals surface area contributed by atoms with Crippen molar-refractivity contribution in [1.29, 1.82) is 52.6 Å². The van der Waals surface area contributed by atoms with Crippen LogP contribution in [0.15, 0.2) is 200 Å². The first-order valence-electron chi connectivity index (χ1n) is 28.0. The van der Waals surface area contributed by atoms with Gasteiger partial charge < -0.3 is 9.13 Å². The first-order valence-corrected chi connectivity index (χ1v) is 28.0. The van der Waals surface area contributed by atoms with E-state index in [0.717, 1.165) is 6.07 Å². The molecule has 0 bridgehead atoms. The van der Waals surface area contributed by atoms with Crippen LogP contribution >= 0.6 is 0 Å². The molecule has 0 saturated carbocycles. The summed E-state index contributed by atoms with van der Waals surface area (Å²) in [6.07, 6.45) is -4.97. The predicted molar refractivity (Wildman–Crippen MR) is 340 cm³/mol. The lowest BCUT2D eigenvalue weighted by atomic mass is 9.89. The number of alkyl halides is 3. The molecule has 0 aliphatic rings. The fourth-order valence-corrected chi connectivity index (χ4v) is 12.2. The fourth-order valence-electron chi connectivity index (χ4n) is 12.2. The number of fused-ring (bicyclic) bond motifs is 6. The number of nitriles is 10. The highest BCUT2D eigenvalue weighted by Crippen LogP contribution is 2.47. The molecule has 0 radical (unpaired) electrons. The highest BCUT2D eigenvalue weighted by atomic mass is 19.4.